The lowest BCUT2D eigenvalue weighted by atomic mass is 9.66. The zero-order chi connectivity index (χ0) is 21.9. The smallest absolute Gasteiger partial charge is 0.306 e. The molecule has 2 atom stereocenters. The number of aromatic nitrogens is 1. The van der Waals surface area contributed by atoms with Gasteiger partial charge in [0.15, 0.2) is 0 Å². The van der Waals surface area contributed by atoms with E-state index in [-0.39, 0.29) is 35.6 Å². The normalized spacial score (nSPS) is 19.6. The number of aryl methyl sites for hydroxylation is 1. The molecule has 30 heavy (non-hydrogen) atoms. The Labute approximate surface area is 176 Å². The highest BCUT2D eigenvalue weighted by Crippen LogP contribution is 2.45. The molecular formula is C24H28N2O4. The molecule has 1 N–H and O–H groups in total. The number of hydrogen-bond donors (Lipinski definition) is 1. The second-order valence-corrected chi connectivity index (χ2v) is 8.49. The standard InChI is InChI=1S/C24H28N2O4/c1-15-18(16(2)26-23(28)19(15)13-25)10-11-22(27)30-21-12-20(24(21,3)4)29-14-17-8-6-5-7-9-17/h5-9,20-21H,10-12,14H2,1-4H3,(H,26,28)/t20-,21+/m1/s1. The molecule has 0 aliphatic heterocycles. The molecule has 3 rings (SSSR count). The van der Waals surface area contributed by atoms with Crippen molar-refractivity contribution in [3.8, 4) is 6.07 Å². The van der Waals surface area contributed by atoms with Crippen molar-refractivity contribution in [2.45, 2.75) is 65.8 Å². The first-order valence-electron chi connectivity index (χ1n) is 10.2. The predicted molar refractivity (Wildman–Crippen MR) is 113 cm³/mol. The molecule has 2 aromatic rings. The van der Waals surface area contributed by atoms with Crippen LogP contribution in [-0.2, 0) is 27.3 Å². The van der Waals surface area contributed by atoms with Crippen LogP contribution in [0.2, 0.25) is 0 Å². The minimum absolute atomic E-state index is 0.0392. The van der Waals surface area contributed by atoms with Crippen LogP contribution in [0.15, 0.2) is 35.1 Å². The van der Waals surface area contributed by atoms with Crippen LogP contribution < -0.4 is 5.56 Å². The number of esters is 1. The molecule has 1 saturated carbocycles. The maximum atomic E-state index is 12.4. The molecule has 1 aliphatic carbocycles. The summed E-state index contributed by atoms with van der Waals surface area (Å²) in [4.78, 5) is 27.0. The van der Waals surface area contributed by atoms with Crippen LogP contribution >= 0.6 is 0 Å². The number of nitrogens with one attached hydrogen (secondary N) is 1. The average molecular weight is 408 g/mol. The zero-order valence-corrected chi connectivity index (χ0v) is 18.0. The van der Waals surface area contributed by atoms with Crippen molar-refractivity contribution >= 4 is 5.97 Å². The van der Waals surface area contributed by atoms with Crippen LogP contribution in [0, 0.1) is 30.6 Å². The minimum atomic E-state index is -0.392. The van der Waals surface area contributed by atoms with Gasteiger partial charge in [0.05, 0.1) is 12.7 Å². The number of H-pyrrole nitrogens is 1. The van der Waals surface area contributed by atoms with Gasteiger partial charge in [-0.15, -0.1) is 0 Å². The van der Waals surface area contributed by atoms with Crippen LogP contribution in [0.25, 0.3) is 0 Å². The molecule has 1 aliphatic rings. The number of carbonyl (C=O) groups is 1. The van der Waals surface area contributed by atoms with Gasteiger partial charge in [0.25, 0.3) is 5.56 Å². The maximum absolute atomic E-state index is 12.4. The SMILES string of the molecule is Cc1[nH]c(=O)c(C#N)c(C)c1CCC(=O)O[C@H]1C[C@@H](OCc2ccccc2)C1(C)C. The van der Waals surface area contributed by atoms with E-state index >= 15 is 0 Å². The van der Waals surface area contributed by atoms with E-state index in [1.54, 1.807) is 13.8 Å². The lowest BCUT2D eigenvalue weighted by Gasteiger charge is -2.50. The Balaban J connectivity index is 1.53. The fourth-order valence-electron chi connectivity index (χ4n) is 3.97. The molecule has 0 spiro atoms. The molecule has 0 bridgehead atoms. The van der Waals surface area contributed by atoms with Crippen LogP contribution in [0.4, 0.5) is 0 Å². The van der Waals surface area contributed by atoms with Gasteiger partial charge in [-0.2, -0.15) is 5.26 Å². The summed E-state index contributed by atoms with van der Waals surface area (Å²) in [5.74, 6) is -0.280. The quantitative estimate of drug-likeness (QED) is 0.705. The fourth-order valence-corrected chi connectivity index (χ4v) is 3.97. The first-order valence-corrected chi connectivity index (χ1v) is 10.2. The van der Waals surface area contributed by atoms with E-state index in [1.807, 2.05) is 36.4 Å². The highest BCUT2D eigenvalue weighted by molar-refractivity contribution is 5.70. The Morgan fingerprint density at radius 3 is 2.57 bits per heavy atom. The summed E-state index contributed by atoms with van der Waals surface area (Å²) in [6.07, 6.45) is 1.15. The van der Waals surface area contributed by atoms with Crippen molar-refractivity contribution < 1.29 is 14.3 Å². The number of nitriles is 1. The van der Waals surface area contributed by atoms with Gasteiger partial charge in [-0.3, -0.25) is 9.59 Å². The summed E-state index contributed by atoms with van der Waals surface area (Å²) in [7, 11) is 0. The molecule has 0 saturated heterocycles. The van der Waals surface area contributed by atoms with Crippen molar-refractivity contribution in [1.82, 2.24) is 4.98 Å². The Hall–Kier alpha value is -2.91. The van der Waals surface area contributed by atoms with E-state index in [1.165, 1.54) is 0 Å². The number of rotatable bonds is 7. The Morgan fingerprint density at radius 2 is 1.93 bits per heavy atom. The number of pyridine rings is 1. The maximum Gasteiger partial charge on any atom is 0.306 e. The Morgan fingerprint density at radius 1 is 1.23 bits per heavy atom. The van der Waals surface area contributed by atoms with Gasteiger partial charge in [0.1, 0.15) is 17.7 Å². The van der Waals surface area contributed by atoms with E-state index in [9.17, 15) is 14.9 Å². The Bertz CT molecular complexity index is 1020. The first kappa shape index (κ1) is 21.8. The average Bonchev–Trinajstić information content (AvgIpc) is 2.70. The van der Waals surface area contributed by atoms with Gasteiger partial charge >= 0.3 is 5.97 Å². The number of ether oxygens (including phenoxy) is 2. The highest BCUT2D eigenvalue weighted by atomic mass is 16.6. The van der Waals surface area contributed by atoms with Gasteiger partial charge in [-0.1, -0.05) is 44.2 Å². The molecular weight excluding hydrogens is 380 g/mol. The number of hydrogen-bond acceptors (Lipinski definition) is 5. The largest absolute Gasteiger partial charge is 0.462 e. The molecule has 158 valence electrons. The van der Waals surface area contributed by atoms with Crippen LogP contribution in [0.3, 0.4) is 0 Å². The minimum Gasteiger partial charge on any atom is -0.462 e. The van der Waals surface area contributed by atoms with E-state index in [2.05, 4.69) is 18.8 Å². The summed E-state index contributed by atoms with van der Waals surface area (Å²) in [6.45, 7) is 8.17. The molecule has 0 unspecified atom stereocenters. The third kappa shape index (κ3) is 4.47. The molecule has 0 amide bonds. The molecule has 1 heterocycles. The number of nitrogens with zero attached hydrogens (tertiary/aromatic N) is 1. The molecule has 1 aromatic carbocycles. The van der Waals surface area contributed by atoms with E-state index in [0.29, 0.717) is 30.7 Å². The van der Waals surface area contributed by atoms with Crippen molar-refractivity contribution in [2.24, 2.45) is 5.41 Å². The fraction of sp³-hybridized carbons (Fsp3) is 0.458. The Kier molecular flexibility index (Phi) is 6.42. The summed E-state index contributed by atoms with van der Waals surface area (Å²) >= 11 is 0. The summed E-state index contributed by atoms with van der Waals surface area (Å²) in [5.41, 5.74) is 2.71. The van der Waals surface area contributed by atoms with Crippen molar-refractivity contribution in [1.29, 1.82) is 5.26 Å². The molecule has 1 fully saturated rings. The molecule has 6 heteroatoms. The lowest BCUT2D eigenvalue weighted by Crippen LogP contribution is -2.56. The van der Waals surface area contributed by atoms with Crippen LogP contribution in [0.1, 0.15) is 54.6 Å². The monoisotopic (exact) mass is 408 g/mol. The predicted octanol–water partition coefficient (Wildman–Crippen LogP) is 3.72. The van der Waals surface area contributed by atoms with Crippen molar-refractivity contribution in [3.63, 3.8) is 0 Å². The zero-order valence-electron chi connectivity index (χ0n) is 18.0. The van der Waals surface area contributed by atoms with Gasteiger partial charge in [-0.05, 0) is 37.0 Å². The van der Waals surface area contributed by atoms with Gasteiger partial charge in [-0.25, -0.2) is 0 Å². The summed E-state index contributed by atoms with van der Waals surface area (Å²) < 4.78 is 11.7. The molecule has 6 nitrogen and oxygen atoms in total. The number of carbonyl (C=O) groups excluding carboxylic acids is 1. The van der Waals surface area contributed by atoms with Crippen LogP contribution in [0.5, 0.6) is 0 Å². The van der Waals surface area contributed by atoms with Crippen molar-refractivity contribution in [3.05, 3.63) is 68.6 Å². The van der Waals surface area contributed by atoms with Crippen LogP contribution in [-0.4, -0.2) is 23.2 Å². The topological polar surface area (TPSA) is 92.2 Å². The van der Waals surface area contributed by atoms with Crippen molar-refractivity contribution in [2.75, 3.05) is 0 Å². The summed E-state index contributed by atoms with van der Waals surface area (Å²) in [6, 6.07) is 11.9. The third-order valence-corrected chi connectivity index (χ3v) is 6.15. The lowest BCUT2D eigenvalue weighted by molar-refractivity contribution is -0.206. The number of benzene rings is 1. The second-order valence-electron chi connectivity index (χ2n) is 8.49. The number of aromatic amines is 1. The van der Waals surface area contributed by atoms with E-state index in [0.717, 1.165) is 11.1 Å². The first-order chi connectivity index (χ1) is 14.2. The molecule has 1 aromatic heterocycles. The van der Waals surface area contributed by atoms with E-state index < -0.39 is 5.56 Å². The summed E-state index contributed by atoms with van der Waals surface area (Å²) in [5, 5.41) is 9.18. The molecule has 0 radical (unpaired) electrons. The van der Waals surface area contributed by atoms with E-state index in [4.69, 9.17) is 9.47 Å². The second kappa shape index (κ2) is 8.85. The van der Waals surface area contributed by atoms with Gasteiger partial charge < -0.3 is 14.5 Å². The third-order valence-electron chi connectivity index (χ3n) is 6.15. The van der Waals surface area contributed by atoms with Gasteiger partial charge in [0.2, 0.25) is 0 Å². The van der Waals surface area contributed by atoms with Gasteiger partial charge in [0, 0.05) is 24.0 Å². The highest BCUT2D eigenvalue weighted by Gasteiger charge is 2.51.